The van der Waals surface area contributed by atoms with Crippen LogP contribution in [-0.4, -0.2) is 51.2 Å². The third kappa shape index (κ3) is 3.91. The van der Waals surface area contributed by atoms with Gasteiger partial charge >= 0.3 is 0 Å². The first-order chi connectivity index (χ1) is 12.3. The van der Waals surface area contributed by atoms with E-state index in [0.29, 0.717) is 25.9 Å². The van der Waals surface area contributed by atoms with E-state index in [-0.39, 0.29) is 40.6 Å². The number of likely N-dealkylation sites (tertiary alicyclic amines) is 1. The Balaban J connectivity index is 1.74. The number of aromatic hydroxyl groups is 4. The lowest BCUT2D eigenvalue weighted by Crippen LogP contribution is -2.46. The summed E-state index contributed by atoms with van der Waals surface area (Å²) in [6.45, 7) is 1.27. The highest BCUT2D eigenvalue weighted by atomic mass is 16.3. The normalized spacial score (nSPS) is 21.0. The molecule has 2 unspecified atom stereocenters. The number of hydrogen-bond acceptors (Lipinski definition) is 6. The summed E-state index contributed by atoms with van der Waals surface area (Å²) in [5, 5.41) is 38.2. The largest absolute Gasteiger partial charge is 0.504 e. The summed E-state index contributed by atoms with van der Waals surface area (Å²) >= 11 is 0. The van der Waals surface area contributed by atoms with Gasteiger partial charge in [-0.15, -0.1) is 0 Å². The lowest BCUT2D eigenvalue weighted by molar-refractivity contribution is -0.130. The fourth-order valence-corrected chi connectivity index (χ4v) is 3.63. The number of rotatable bonds is 4. The van der Waals surface area contributed by atoms with Crippen molar-refractivity contribution in [2.45, 2.75) is 12.8 Å². The second-order valence-corrected chi connectivity index (χ2v) is 7.07. The van der Waals surface area contributed by atoms with Gasteiger partial charge in [0.1, 0.15) is 5.78 Å². The topological polar surface area (TPSA) is 101 Å². The smallest absolute Gasteiger partial charge is 0.157 e. The lowest BCUT2D eigenvalue weighted by atomic mass is 9.81. The minimum atomic E-state index is -0.201. The number of phenolic OH excluding ortho intramolecular Hbond substituents is 4. The molecule has 0 aliphatic carbocycles. The lowest BCUT2D eigenvalue weighted by Gasteiger charge is -2.34. The molecule has 6 nitrogen and oxygen atoms in total. The van der Waals surface area contributed by atoms with Crippen molar-refractivity contribution in [3.05, 3.63) is 47.5 Å². The predicted molar refractivity (Wildman–Crippen MR) is 96.4 cm³/mol. The van der Waals surface area contributed by atoms with Crippen LogP contribution in [0.1, 0.15) is 11.1 Å². The molecule has 1 saturated heterocycles. The molecule has 2 aromatic rings. The van der Waals surface area contributed by atoms with Crippen molar-refractivity contribution < 1.29 is 25.2 Å². The summed E-state index contributed by atoms with van der Waals surface area (Å²) in [7, 11) is 1.97. The molecule has 138 valence electrons. The summed E-state index contributed by atoms with van der Waals surface area (Å²) in [6, 6.07) is 9.26. The third-order valence-electron chi connectivity index (χ3n) is 4.91. The zero-order valence-corrected chi connectivity index (χ0v) is 14.6. The highest BCUT2D eigenvalue weighted by Crippen LogP contribution is 2.30. The minimum Gasteiger partial charge on any atom is -0.504 e. The van der Waals surface area contributed by atoms with Gasteiger partial charge in [-0.1, -0.05) is 12.1 Å². The van der Waals surface area contributed by atoms with Crippen LogP contribution < -0.4 is 0 Å². The Morgan fingerprint density at radius 1 is 0.808 bits per heavy atom. The zero-order valence-electron chi connectivity index (χ0n) is 14.6. The number of benzene rings is 2. The molecule has 0 amide bonds. The zero-order chi connectivity index (χ0) is 18.8. The van der Waals surface area contributed by atoms with Crippen molar-refractivity contribution in [2.24, 2.45) is 11.8 Å². The van der Waals surface area contributed by atoms with Crippen molar-refractivity contribution in [1.29, 1.82) is 0 Å². The van der Waals surface area contributed by atoms with Gasteiger partial charge in [0.05, 0.1) is 0 Å². The van der Waals surface area contributed by atoms with Crippen molar-refractivity contribution in [2.75, 3.05) is 20.1 Å². The first-order valence-electron chi connectivity index (χ1n) is 8.57. The molecule has 0 radical (unpaired) electrons. The van der Waals surface area contributed by atoms with Crippen LogP contribution >= 0.6 is 0 Å². The first-order valence-corrected chi connectivity index (χ1v) is 8.57. The van der Waals surface area contributed by atoms with Crippen LogP contribution in [0.5, 0.6) is 23.0 Å². The second-order valence-electron chi connectivity index (χ2n) is 7.07. The highest BCUT2D eigenvalue weighted by Gasteiger charge is 2.34. The average Bonchev–Trinajstić information content (AvgIpc) is 2.58. The van der Waals surface area contributed by atoms with Gasteiger partial charge in [-0.25, -0.2) is 0 Å². The number of ketones is 1. The van der Waals surface area contributed by atoms with E-state index in [9.17, 15) is 25.2 Å². The summed E-state index contributed by atoms with van der Waals surface area (Å²) in [4.78, 5) is 15.0. The van der Waals surface area contributed by atoms with Crippen LogP contribution in [0.3, 0.4) is 0 Å². The van der Waals surface area contributed by atoms with Crippen LogP contribution in [0.25, 0.3) is 0 Å². The maximum absolute atomic E-state index is 12.9. The Morgan fingerprint density at radius 2 is 1.23 bits per heavy atom. The van der Waals surface area contributed by atoms with Gasteiger partial charge in [0.15, 0.2) is 23.0 Å². The number of carbonyl (C=O) groups excluding carboxylic acids is 1. The number of hydrogen-bond donors (Lipinski definition) is 4. The molecule has 4 N–H and O–H groups in total. The molecular formula is C20H23NO5. The Bertz CT molecular complexity index is 754. The van der Waals surface area contributed by atoms with Crippen molar-refractivity contribution >= 4 is 5.78 Å². The minimum absolute atomic E-state index is 0.156. The fourth-order valence-electron chi connectivity index (χ4n) is 3.63. The van der Waals surface area contributed by atoms with Crippen LogP contribution in [0.15, 0.2) is 36.4 Å². The molecule has 3 rings (SSSR count). The maximum atomic E-state index is 12.9. The van der Waals surface area contributed by atoms with Gasteiger partial charge < -0.3 is 25.3 Å². The second kappa shape index (κ2) is 7.25. The number of Topliss-reactive ketones (excluding diaryl/α,β-unsaturated/α-hetero) is 1. The van der Waals surface area contributed by atoms with Gasteiger partial charge in [-0.05, 0) is 55.3 Å². The van der Waals surface area contributed by atoms with E-state index in [4.69, 9.17) is 0 Å². The first kappa shape index (κ1) is 18.1. The van der Waals surface area contributed by atoms with Gasteiger partial charge in [-0.3, -0.25) is 4.79 Å². The van der Waals surface area contributed by atoms with Crippen LogP contribution in [-0.2, 0) is 17.6 Å². The number of phenols is 4. The molecule has 6 heteroatoms. The molecule has 1 heterocycles. The molecule has 1 aliphatic heterocycles. The average molecular weight is 357 g/mol. The quantitative estimate of drug-likeness (QED) is 0.625. The van der Waals surface area contributed by atoms with Crippen molar-refractivity contribution in [3.63, 3.8) is 0 Å². The number of nitrogens with zero attached hydrogens (tertiary/aromatic N) is 1. The SMILES string of the molecule is CN1CC(Cc2ccc(O)c(O)c2)C(=O)C(Cc2ccc(O)c(O)c2)C1. The Morgan fingerprint density at radius 3 is 1.62 bits per heavy atom. The van der Waals surface area contributed by atoms with Gasteiger partial charge in [-0.2, -0.15) is 0 Å². The van der Waals surface area contributed by atoms with E-state index in [1.165, 1.54) is 24.3 Å². The van der Waals surface area contributed by atoms with Crippen LogP contribution in [0.2, 0.25) is 0 Å². The fraction of sp³-hybridized carbons (Fsp3) is 0.350. The van der Waals surface area contributed by atoms with Crippen molar-refractivity contribution in [3.8, 4) is 23.0 Å². The molecule has 0 aromatic heterocycles. The Labute approximate surface area is 152 Å². The molecule has 2 atom stereocenters. The summed E-state index contributed by atoms with van der Waals surface area (Å²) in [5.74, 6) is -0.966. The van der Waals surface area contributed by atoms with Crippen molar-refractivity contribution in [1.82, 2.24) is 4.90 Å². The molecule has 1 aliphatic rings. The molecule has 2 aromatic carbocycles. The van der Waals surface area contributed by atoms with E-state index < -0.39 is 0 Å². The van der Waals surface area contributed by atoms with Gasteiger partial charge in [0.2, 0.25) is 0 Å². The molecular weight excluding hydrogens is 334 g/mol. The van der Waals surface area contributed by atoms with E-state index in [2.05, 4.69) is 4.90 Å². The maximum Gasteiger partial charge on any atom is 0.157 e. The number of carbonyl (C=O) groups is 1. The third-order valence-corrected chi connectivity index (χ3v) is 4.91. The number of piperidine rings is 1. The summed E-state index contributed by atoms with van der Waals surface area (Å²) in [6.07, 6.45) is 0.989. The highest BCUT2D eigenvalue weighted by molar-refractivity contribution is 5.85. The molecule has 0 spiro atoms. The van der Waals surface area contributed by atoms with Gasteiger partial charge in [0.25, 0.3) is 0 Å². The Hall–Kier alpha value is -2.73. The molecule has 0 saturated carbocycles. The van der Waals surface area contributed by atoms with E-state index in [1.54, 1.807) is 12.1 Å². The summed E-state index contributed by atoms with van der Waals surface area (Å²) in [5.41, 5.74) is 1.60. The predicted octanol–water partition coefficient (Wildman–Crippen LogP) is 2.04. The van der Waals surface area contributed by atoms with E-state index in [1.807, 2.05) is 7.05 Å². The molecule has 1 fully saturated rings. The standard InChI is InChI=1S/C20H23NO5/c1-21-10-14(6-12-2-4-16(22)18(24)8-12)20(26)15(11-21)7-13-3-5-17(23)19(25)9-13/h2-5,8-9,14-15,22-25H,6-7,10-11H2,1H3. The summed E-state index contributed by atoms with van der Waals surface area (Å²) < 4.78 is 0. The van der Waals surface area contributed by atoms with Gasteiger partial charge in [0, 0.05) is 24.9 Å². The van der Waals surface area contributed by atoms with Crippen LogP contribution in [0.4, 0.5) is 0 Å². The molecule has 0 bridgehead atoms. The monoisotopic (exact) mass is 357 g/mol. The van der Waals surface area contributed by atoms with Crippen LogP contribution in [0, 0.1) is 11.8 Å². The Kier molecular flexibility index (Phi) is 5.04. The van der Waals surface area contributed by atoms with E-state index >= 15 is 0 Å². The van der Waals surface area contributed by atoms with E-state index in [0.717, 1.165) is 11.1 Å². The molecule has 26 heavy (non-hydrogen) atoms.